The van der Waals surface area contributed by atoms with Crippen molar-refractivity contribution in [3.8, 4) is 11.5 Å². The normalized spacial score (nSPS) is 21.8. The first-order chi connectivity index (χ1) is 10.1. The summed E-state index contributed by atoms with van der Waals surface area (Å²) in [4.78, 5) is 16.9. The van der Waals surface area contributed by atoms with Crippen molar-refractivity contribution in [2.75, 3.05) is 40.5 Å². The molecule has 0 spiro atoms. The number of ether oxygens (including phenoxy) is 2. The van der Waals surface area contributed by atoms with Crippen LogP contribution in [0.15, 0.2) is 18.2 Å². The summed E-state index contributed by atoms with van der Waals surface area (Å²) < 4.78 is 10.6. The summed E-state index contributed by atoms with van der Waals surface area (Å²) in [7, 11) is 4.17. The van der Waals surface area contributed by atoms with Gasteiger partial charge < -0.3 is 14.4 Å². The van der Waals surface area contributed by atoms with Gasteiger partial charge >= 0.3 is 0 Å². The van der Waals surface area contributed by atoms with Crippen molar-refractivity contribution in [3.63, 3.8) is 0 Å². The number of hydrogen-bond acceptors (Lipinski definition) is 5. The van der Waals surface area contributed by atoms with E-state index in [2.05, 4.69) is 16.8 Å². The maximum Gasteiger partial charge on any atom is 0.231 e. The van der Waals surface area contributed by atoms with Crippen molar-refractivity contribution in [2.24, 2.45) is 0 Å². The molecule has 2 heterocycles. The van der Waals surface area contributed by atoms with Gasteiger partial charge in [0, 0.05) is 18.2 Å². The Morgan fingerprint density at radius 2 is 2.19 bits per heavy atom. The Balaban J connectivity index is 1.63. The molecule has 114 valence electrons. The van der Waals surface area contributed by atoms with Crippen molar-refractivity contribution in [2.45, 2.75) is 18.9 Å². The highest BCUT2D eigenvalue weighted by molar-refractivity contribution is 5.98. The van der Waals surface area contributed by atoms with Crippen LogP contribution in [0.5, 0.6) is 11.5 Å². The third-order valence-corrected chi connectivity index (χ3v) is 4.31. The lowest BCUT2D eigenvalue weighted by atomic mass is 10.0. The molecule has 1 aromatic rings. The minimum atomic E-state index is 0.129. The summed E-state index contributed by atoms with van der Waals surface area (Å²) in [5, 5.41) is 0. The largest absolute Gasteiger partial charge is 0.454 e. The first-order valence-corrected chi connectivity index (χ1v) is 7.45. The molecule has 0 bridgehead atoms. The highest BCUT2D eigenvalue weighted by atomic mass is 16.7. The number of rotatable bonds is 4. The molecule has 3 rings (SSSR count). The van der Waals surface area contributed by atoms with E-state index >= 15 is 0 Å². The summed E-state index contributed by atoms with van der Waals surface area (Å²) >= 11 is 0. The second-order valence-corrected chi connectivity index (χ2v) is 5.96. The standard InChI is InChI=1S/C16H22N2O3/c1-17-7-3-4-13(9-17)18(2)10-14(19)12-5-6-15-16(8-12)21-11-20-15/h5-6,8,13H,3-4,7,9-11H2,1-2H3. The number of Topliss-reactive ketones (excluding diaryl/α,β-unsaturated/α-hetero) is 1. The Morgan fingerprint density at radius 1 is 1.38 bits per heavy atom. The van der Waals surface area contributed by atoms with Crippen molar-refractivity contribution >= 4 is 5.78 Å². The van der Waals surface area contributed by atoms with Crippen molar-refractivity contribution in [1.29, 1.82) is 0 Å². The van der Waals surface area contributed by atoms with Crippen molar-refractivity contribution < 1.29 is 14.3 Å². The summed E-state index contributed by atoms with van der Waals surface area (Å²) in [6.45, 7) is 2.87. The van der Waals surface area contributed by atoms with Crippen LogP contribution in [-0.2, 0) is 0 Å². The SMILES string of the molecule is CN1CCCC(N(C)CC(=O)c2ccc3c(c2)OCO3)C1. The molecule has 21 heavy (non-hydrogen) atoms. The van der Waals surface area contributed by atoms with E-state index in [9.17, 15) is 4.79 Å². The zero-order chi connectivity index (χ0) is 14.8. The number of likely N-dealkylation sites (N-methyl/N-ethyl adjacent to an activating group) is 2. The molecule has 0 aliphatic carbocycles. The first kappa shape index (κ1) is 14.4. The number of piperidine rings is 1. The molecule has 1 saturated heterocycles. The van der Waals surface area contributed by atoms with Crippen LogP contribution in [0.25, 0.3) is 0 Å². The molecule has 0 N–H and O–H groups in total. The predicted octanol–water partition coefficient (Wildman–Crippen LogP) is 1.62. The first-order valence-electron chi connectivity index (χ1n) is 7.45. The molecule has 1 unspecified atom stereocenters. The lowest BCUT2D eigenvalue weighted by molar-refractivity contribution is 0.0857. The average molecular weight is 290 g/mol. The molecule has 0 aromatic heterocycles. The highest BCUT2D eigenvalue weighted by Gasteiger charge is 2.23. The molecule has 5 heteroatoms. The lowest BCUT2D eigenvalue weighted by Crippen LogP contribution is -2.46. The quantitative estimate of drug-likeness (QED) is 0.788. The van der Waals surface area contributed by atoms with Crippen LogP contribution in [0, 0.1) is 0 Å². The Kier molecular flexibility index (Phi) is 4.12. The van der Waals surface area contributed by atoms with Gasteiger partial charge in [0.15, 0.2) is 17.3 Å². The summed E-state index contributed by atoms with van der Waals surface area (Å²) in [5.74, 6) is 1.51. The average Bonchev–Trinajstić information content (AvgIpc) is 2.94. The van der Waals surface area contributed by atoms with Gasteiger partial charge in [-0.25, -0.2) is 0 Å². The molecule has 1 atom stereocenters. The number of benzene rings is 1. The molecule has 1 fully saturated rings. The number of hydrogen-bond donors (Lipinski definition) is 0. The van der Waals surface area contributed by atoms with Gasteiger partial charge in [-0.15, -0.1) is 0 Å². The number of ketones is 1. The molecule has 0 radical (unpaired) electrons. The van der Waals surface area contributed by atoms with Gasteiger partial charge in [0.2, 0.25) is 6.79 Å². The Labute approximate surface area is 125 Å². The lowest BCUT2D eigenvalue weighted by Gasteiger charge is -2.35. The second-order valence-electron chi connectivity index (χ2n) is 5.96. The fourth-order valence-electron chi connectivity index (χ4n) is 3.02. The van der Waals surface area contributed by atoms with E-state index in [-0.39, 0.29) is 12.6 Å². The molecule has 2 aliphatic heterocycles. The number of nitrogens with zero attached hydrogens (tertiary/aromatic N) is 2. The maximum atomic E-state index is 12.4. The highest BCUT2D eigenvalue weighted by Crippen LogP contribution is 2.32. The van der Waals surface area contributed by atoms with Gasteiger partial charge in [0.1, 0.15) is 0 Å². The van der Waals surface area contributed by atoms with Crippen LogP contribution in [0.3, 0.4) is 0 Å². The Morgan fingerprint density at radius 3 is 3.00 bits per heavy atom. The van der Waals surface area contributed by atoms with Gasteiger partial charge in [-0.2, -0.15) is 0 Å². The van der Waals surface area contributed by atoms with Gasteiger partial charge in [-0.3, -0.25) is 9.69 Å². The second kappa shape index (κ2) is 6.03. The monoisotopic (exact) mass is 290 g/mol. The fourth-order valence-corrected chi connectivity index (χ4v) is 3.02. The van der Waals surface area contributed by atoms with E-state index in [0.717, 1.165) is 19.5 Å². The molecule has 0 amide bonds. The van der Waals surface area contributed by atoms with E-state index in [1.54, 1.807) is 6.07 Å². The number of fused-ring (bicyclic) bond motifs is 1. The van der Waals surface area contributed by atoms with Crippen molar-refractivity contribution in [1.82, 2.24) is 9.80 Å². The van der Waals surface area contributed by atoms with Crippen LogP contribution < -0.4 is 9.47 Å². The van der Waals surface area contributed by atoms with Crippen LogP contribution in [0.1, 0.15) is 23.2 Å². The molecule has 5 nitrogen and oxygen atoms in total. The van der Waals surface area contributed by atoms with E-state index < -0.39 is 0 Å². The van der Waals surface area contributed by atoms with Crippen molar-refractivity contribution in [3.05, 3.63) is 23.8 Å². The zero-order valence-corrected chi connectivity index (χ0v) is 12.7. The minimum Gasteiger partial charge on any atom is -0.454 e. The topological polar surface area (TPSA) is 42.0 Å². The molecule has 1 aromatic carbocycles. The third-order valence-electron chi connectivity index (χ3n) is 4.31. The minimum absolute atomic E-state index is 0.129. The van der Waals surface area contributed by atoms with Crippen LogP contribution in [-0.4, -0.2) is 62.1 Å². The summed E-state index contributed by atoms with van der Waals surface area (Å²) in [6.07, 6.45) is 2.36. The van der Waals surface area contributed by atoms with Crippen LogP contribution in [0.4, 0.5) is 0 Å². The predicted molar refractivity (Wildman–Crippen MR) is 80.0 cm³/mol. The van der Waals surface area contributed by atoms with E-state index in [1.165, 1.54) is 6.42 Å². The molecular formula is C16H22N2O3. The Bertz CT molecular complexity index is 532. The number of carbonyl (C=O) groups is 1. The van der Waals surface area contributed by atoms with Gasteiger partial charge in [0.25, 0.3) is 0 Å². The van der Waals surface area contributed by atoms with E-state index in [1.807, 2.05) is 19.2 Å². The van der Waals surface area contributed by atoms with E-state index in [0.29, 0.717) is 29.6 Å². The fraction of sp³-hybridized carbons (Fsp3) is 0.562. The van der Waals surface area contributed by atoms with E-state index in [4.69, 9.17) is 9.47 Å². The summed E-state index contributed by atoms with van der Waals surface area (Å²) in [6, 6.07) is 5.87. The van der Waals surface area contributed by atoms with Gasteiger partial charge in [-0.1, -0.05) is 0 Å². The third kappa shape index (κ3) is 3.19. The number of carbonyl (C=O) groups excluding carboxylic acids is 1. The summed E-state index contributed by atoms with van der Waals surface area (Å²) in [5.41, 5.74) is 0.690. The molecular weight excluding hydrogens is 268 g/mol. The van der Waals surface area contributed by atoms with Crippen LogP contribution >= 0.6 is 0 Å². The van der Waals surface area contributed by atoms with Crippen LogP contribution in [0.2, 0.25) is 0 Å². The number of likely N-dealkylation sites (tertiary alicyclic amines) is 1. The molecule has 2 aliphatic rings. The van der Waals surface area contributed by atoms with Gasteiger partial charge in [-0.05, 0) is 51.7 Å². The maximum absolute atomic E-state index is 12.4. The Hall–Kier alpha value is -1.59. The van der Waals surface area contributed by atoms with Gasteiger partial charge in [0.05, 0.1) is 6.54 Å². The smallest absolute Gasteiger partial charge is 0.231 e. The zero-order valence-electron chi connectivity index (χ0n) is 12.7. The molecule has 0 saturated carbocycles.